The number of rotatable bonds is 6. The second-order valence-corrected chi connectivity index (χ2v) is 11.4. The summed E-state index contributed by atoms with van der Waals surface area (Å²) in [7, 11) is 0. The summed E-state index contributed by atoms with van der Waals surface area (Å²) in [5, 5.41) is 8.05. The minimum Gasteiger partial charge on any atom is -0.457 e. The van der Waals surface area contributed by atoms with Crippen molar-refractivity contribution in [2.45, 2.75) is 19.1 Å². The molecule has 34 heavy (non-hydrogen) atoms. The Morgan fingerprint density at radius 1 is 1.18 bits per heavy atom. The summed E-state index contributed by atoms with van der Waals surface area (Å²) in [5.74, 6) is 1.05. The van der Waals surface area contributed by atoms with Gasteiger partial charge in [-0.25, -0.2) is 14.1 Å². The minimum atomic E-state index is -1.71. The van der Waals surface area contributed by atoms with E-state index in [1.807, 2.05) is 31.2 Å². The Morgan fingerprint density at radius 2 is 1.94 bits per heavy atom. The van der Waals surface area contributed by atoms with Crippen LogP contribution in [0.2, 0.25) is 0 Å². The van der Waals surface area contributed by atoms with Crippen LogP contribution < -0.4 is 4.74 Å². The van der Waals surface area contributed by atoms with E-state index in [0.29, 0.717) is 23.6 Å². The number of hydrogen-bond donors (Lipinski definition) is 0. The quantitative estimate of drug-likeness (QED) is 0.280. The summed E-state index contributed by atoms with van der Waals surface area (Å²) in [5.41, 5.74) is -0.160. The number of carbonyl (C=O) groups excluding carboxylic acids is 1. The molecule has 4 aromatic rings. The van der Waals surface area contributed by atoms with Crippen molar-refractivity contribution >= 4 is 49.1 Å². The van der Waals surface area contributed by atoms with Gasteiger partial charge in [-0.3, -0.25) is 4.79 Å². The van der Waals surface area contributed by atoms with Gasteiger partial charge in [-0.1, -0.05) is 27.2 Å². The van der Waals surface area contributed by atoms with Gasteiger partial charge in [0, 0.05) is 14.9 Å². The number of likely N-dealkylation sites (tertiary alicyclic amines) is 1. The molecule has 1 fully saturated rings. The van der Waals surface area contributed by atoms with Gasteiger partial charge in [0.25, 0.3) is 5.91 Å². The van der Waals surface area contributed by atoms with E-state index in [0.717, 1.165) is 19.0 Å². The summed E-state index contributed by atoms with van der Waals surface area (Å²) in [6, 6.07) is 14.3. The van der Waals surface area contributed by atoms with E-state index in [1.54, 1.807) is 35.1 Å². The molecule has 1 saturated heterocycles. The second-order valence-electron chi connectivity index (χ2n) is 7.98. The zero-order valence-corrected chi connectivity index (χ0v) is 21.9. The Morgan fingerprint density at radius 3 is 2.62 bits per heavy atom. The number of aryl methyl sites for hydroxylation is 1. The molecule has 1 aliphatic heterocycles. The van der Waals surface area contributed by atoms with Crippen molar-refractivity contribution < 1.29 is 13.9 Å². The van der Waals surface area contributed by atoms with E-state index < -0.39 is 5.67 Å². The van der Waals surface area contributed by atoms with Crippen LogP contribution in [0.4, 0.5) is 4.39 Å². The van der Waals surface area contributed by atoms with Crippen LogP contribution in [0.1, 0.15) is 26.6 Å². The zero-order valence-electron chi connectivity index (χ0n) is 17.9. The zero-order chi connectivity index (χ0) is 23.9. The summed E-state index contributed by atoms with van der Waals surface area (Å²) in [6.07, 6.45) is 1.59. The highest BCUT2D eigenvalue weighted by atomic mass is 79.9. The number of halogens is 3. The van der Waals surface area contributed by atoms with Crippen molar-refractivity contribution in [3.05, 3.63) is 84.9 Å². The first-order valence-electron chi connectivity index (χ1n) is 10.3. The van der Waals surface area contributed by atoms with E-state index in [-0.39, 0.29) is 24.7 Å². The first kappa shape index (κ1) is 23.1. The molecule has 0 unspecified atom stereocenters. The predicted octanol–water partition coefficient (Wildman–Crippen LogP) is 5.73. The summed E-state index contributed by atoms with van der Waals surface area (Å²) >= 11 is 8.31. The summed E-state index contributed by atoms with van der Waals surface area (Å²) in [4.78, 5) is 19.7. The lowest BCUT2D eigenvalue weighted by molar-refractivity contribution is -0.0258. The van der Waals surface area contributed by atoms with E-state index in [2.05, 4.69) is 47.2 Å². The van der Waals surface area contributed by atoms with Gasteiger partial charge < -0.3 is 9.64 Å². The van der Waals surface area contributed by atoms with Gasteiger partial charge in [-0.2, -0.15) is 0 Å². The van der Waals surface area contributed by atoms with Crippen molar-refractivity contribution in [3.63, 3.8) is 0 Å². The molecule has 2 aromatic carbocycles. The molecule has 2 aromatic heterocycles. The maximum Gasteiger partial charge on any atom is 0.254 e. The average Bonchev–Trinajstić information content (AvgIpc) is 3.38. The lowest BCUT2D eigenvalue weighted by Crippen LogP contribution is -2.59. The Bertz CT molecular complexity index is 1350. The molecule has 7 nitrogen and oxygen atoms in total. The normalized spacial score (nSPS) is 14.6. The van der Waals surface area contributed by atoms with Crippen LogP contribution in [0.5, 0.6) is 11.5 Å². The van der Waals surface area contributed by atoms with Crippen LogP contribution in [0.15, 0.2) is 63.1 Å². The van der Waals surface area contributed by atoms with Gasteiger partial charge in [-0.05, 0) is 65.3 Å². The van der Waals surface area contributed by atoms with E-state index in [9.17, 15) is 4.79 Å². The summed E-state index contributed by atoms with van der Waals surface area (Å²) in [6.45, 7) is 2.25. The molecular weight excluding hydrogens is 589 g/mol. The third-order valence-corrected chi connectivity index (χ3v) is 7.44. The predicted molar refractivity (Wildman–Crippen MR) is 133 cm³/mol. The van der Waals surface area contributed by atoms with Crippen LogP contribution in [0, 0.1) is 6.92 Å². The topological polar surface area (TPSA) is 73.1 Å². The molecule has 0 bridgehead atoms. The number of alkyl halides is 1. The van der Waals surface area contributed by atoms with Crippen molar-refractivity contribution in [3.8, 4) is 11.5 Å². The molecule has 0 spiro atoms. The lowest BCUT2D eigenvalue weighted by Gasteiger charge is -2.43. The molecule has 174 valence electrons. The van der Waals surface area contributed by atoms with Gasteiger partial charge in [0.15, 0.2) is 9.59 Å². The van der Waals surface area contributed by atoms with Crippen LogP contribution in [0.25, 0.3) is 0 Å². The molecule has 0 radical (unpaired) electrons. The minimum absolute atomic E-state index is 0.0674. The molecule has 0 aliphatic carbocycles. The maximum absolute atomic E-state index is 15.4. The number of aromatic nitrogens is 4. The highest BCUT2D eigenvalue weighted by Gasteiger charge is 2.49. The van der Waals surface area contributed by atoms with E-state index in [4.69, 9.17) is 4.74 Å². The Balaban J connectivity index is 1.20. The van der Waals surface area contributed by atoms with Gasteiger partial charge >= 0.3 is 0 Å². The molecule has 0 atom stereocenters. The molecule has 11 heteroatoms. The van der Waals surface area contributed by atoms with Gasteiger partial charge in [0.05, 0.1) is 31.5 Å². The molecule has 1 amide bonds. The van der Waals surface area contributed by atoms with Gasteiger partial charge in [0.2, 0.25) is 0 Å². The third kappa shape index (κ3) is 4.77. The standard InChI is InChI=1S/C23H18Br2FN5O2S/c1-14-19(27-22(25)34-14)10-31-11-20(28-29-31)23(26)12-30(13-23)21(32)15-5-7-17(8-6-15)33-18-4-2-3-16(24)9-18/h2-9,11H,10,12-13H2,1H3. The Hall–Kier alpha value is -2.63. The molecule has 1 aliphatic rings. The first-order valence-corrected chi connectivity index (χ1v) is 12.7. The number of amides is 1. The fraction of sp³-hybridized carbons (Fsp3) is 0.217. The Kier molecular flexibility index (Phi) is 6.26. The van der Waals surface area contributed by atoms with Crippen molar-refractivity contribution in [2.24, 2.45) is 0 Å². The monoisotopic (exact) mass is 605 g/mol. The van der Waals surface area contributed by atoms with Crippen LogP contribution in [-0.2, 0) is 12.2 Å². The third-order valence-electron chi connectivity index (χ3n) is 5.48. The van der Waals surface area contributed by atoms with Crippen LogP contribution >= 0.6 is 43.2 Å². The highest BCUT2D eigenvalue weighted by Crippen LogP contribution is 2.36. The van der Waals surface area contributed by atoms with Crippen molar-refractivity contribution in [1.29, 1.82) is 0 Å². The van der Waals surface area contributed by atoms with Gasteiger partial charge in [-0.15, -0.1) is 16.4 Å². The van der Waals surface area contributed by atoms with Crippen LogP contribution in [0.3, 0.4) is 0 Å². The molecule has 5 rings (SSSR count). The molecule has 0 N–H and O–H groups in total. The number of thiazole rings is 1. The molecule has 0 saturated carbocycles. The summed E-state index contributed by atoms with van der Waals surface area (Å²) < 4.78 is 24.5. The SMILES string of the molecule is Cc1sc(Br)nc1Cn1cc(C2(F)CN(C(=O)c3ccc(Oc4cccc(Br)c4)cc3)C2)nn1. The number of nitrogens with zero attached hydrogens (tertiary/aromatic N) is 5. The van der Waals surface area contributed by atoms with E-state index in [1.165, 1.54) is 16.2 Å². The Labute approximate surface area is 215 Å². The van der Waals surface area contributed by atoms with Crippen molar-refractivity contribution in [2.75, 3.05) is 13.1 Å². The van der Waals surface area contributed by atoms with Gasteiger partial charge in [0.1, 0.15) is 17.2 Å². The number of hydrogen-bond acceptors (Lipinski definition) is 6. The maximum atomic E-state index is 15.4. The molecular formula is C23H18Br2FN5O2S. The number of carbonyl (C=O) groups is 1. The van der Waals surface area contributed by atoms with Crippen molar-refractivity contribution in [1.82, 2.24) is 24.9 Å². The highest BCUT2D eigenvalue weighted by molar-refractivity contribution is 9.11. The fourth-order valence-electron chi connectivity index (χ4n) is 3.65. The fourth-order valence-corrected chi connectivity index (χ4v) is 5.61. The smallest absolute Gasteiger partial charge is 0.254 e. The van der Waals surface area contributed by atoms with Crippen LogP contribution in [-0.4, -0.2) is 43.9 Å². The first-order chi connectivity index (χ1) is 16.3. The molecule has 3 heterocycles. The lowest BCUT2D eigenvalue weighted by atomic mass is 9.92. The largest absolute Gasteiger partial charge is 0.457 e. The second kappa shape index (κ2) is 9.20. The number of benzene rings is 2. The average molecular weight is 607 g/mol. The van der Waals surface area contributed by atoms with E-state index >= 15 is 4.39 Å². The number of ether oxygens (including phenoxy) is 1.